The third-order valence-corrected chi connectivity index (χ3v) is 6.40. The summed E-state index contributed by atoms with van der Waals surface area (Å²) in [4.78, 5) is 19.5. The van der Waals surface area contributed by atoms with E-state index in [4.69, 9.17) is 11.6 Å². The predicted octanol–water partition coefficient (Wildman–Crippen LogP) is 4.99. The van der Waals surface area contributed by atoms with Gasteiger partial charge in [0.25, 0.3) is 5.91 Å². The Balaban J connectivity index is 1.54. The Kier molecular flexibility index (Phi) is 5.72. The van der Waals surface area contributed by atoms with Crippen LogP contribution >= 0.6 is 11.6 Å². The highest BCUT2D eigenvalue weighted by atomic mass is 35.5. The number of anilines is 1. The number of nitrogens with one attached hydrogen (secondary N) is 1. The van der Waals surface area contributed by atoms with Crippen molar-refractivity contribution in [3.8, 4) is 0 Å². The smallest absolute Gasteiger partial charge is 0.253 e. The van der Waals surface area contributed by atoms with Crippen LogP contribution in [0.5, 0.6) is 0 Å². The number of carbonyl (C=O) groups is 1. The molecule has 0 radical (unpaired) electrons. The minimum Gasteiger partial charge on any atom is -0.354 e. The fourth-order valence-corrected chi connectivity index (χ4v) is 4.82. The zero-order valence-corrected chi connectivity index (χ0v) is 17.0. The highest BCUT2D eigenvalue weighted by Gasteiger charge is 2.24. The SMILES string of the molecule is CC1CCCC(CNC(=O)c2c(Cl)ccc3nc(N4CCC(F)C4)ccc23)C1. The standard InChI is InChI=1S/C22H27ClFN3O/c1-14-3-2-4-15(11-14)12-25-22(28)21-17-5-8-20(27-10-9-16(24)13-27)26-19(17)7-6-18(21)23/h5-8,14-16H,2-4,9-13H2,1H3,(H,25,28). The minimum atomic E-state index is -0.799. The van der Waals surface area contributed by atoms with Crippen molar-refractivity contribution in [3.63, 3.8) is 0 Å². The lowest BCUT2D eigenvalue weighted by Gasteiger charge is -2.26. The van der Waals surface area contributed by atoms with Crippen LogP contribution in [0.3, 0.4) is 0 Å². The van der Waals surface area contributed by atoms with Crippen LogP contribution in [-0.4, -0.2) is 36.7 Å². The third-order valence-electron chi connectivity index (χ3n) is 6.08. The van der Waals surface area contributed by atoms with Crippen molar-refractivity contribution in [2.24, 2.45) is 11.8 Å². The zero-order chi connectivity index (χ0) is 19.7. The molecule has 4 nitrogen and oxygen atoms in total. The van der Waals surface area contributed by atoms with E-state index in [0.29, 0.717) is 48.1 Å². The predicted molar refractivity (Wildman–Crippen MR) is 112 cm³/mol. The molecule has 4 rings (SSSR count). The second kappa shape index (κ2) is 8.24. The number of hydrogen-bond acceptors (Lipinski definition) is 3. The van der Waals surface area contributed by atoms with Gasteiger partial charge in [-0.1, -0.05) is 31.4 Å². The molecule has 1 amide bonds. The number of rotatable bonds is 4. The maximum atomic E-state index is 13.5. The van der Waals surface area contributed by atoms with Crippen LogP contribution in [-0.2, 0) is 0 Å². The molecule has 0 spiro atoms. The molecule has 1 aromatic heterocycles. The van der Waals surface area contributed by atoms with Gasteiger partial charge in [0.15, 0.2) is 0 Å². The third kappa shape index (κ3) is 4.09. The van der Waals surface area contributed by atoms with Gasteiger partial charge in [0.1, 0.15) is 12.0 Å². The number of benzene rings is 1. The number of fused-ring (bicyclic) bond motifs is 1. The molecule has 2 heterocycles. The van der Waals surface area contributed by atoms with E-state index in [9.17, 15) is 9.18 Å². The fraction of sp³-hybridized carbons (Fsp3) is 0.545. The van der Waals surface area contributed by atoms with Gasteiger partial charge in [-0.15, -0.1) is 0 Å². The highest BCUT2D eigenvalue weighted by Crippen LogP contribution is 2.30. The van der Waals surface area contributed by atoms with E-state index < -0.39 is 6.17 Å². The van der Waals surface area contributed by atoms with Crippen LogP contribution in [0, 0.1) is 11.8 Å². The summed E-state index contributed by atoms with van der Waals surface area (Å²) in [7, 11) is 0. The highest BCUT2D eigenvalue weighted by molar-refractivity contribution is 6.35. The molecule has 3 atom stereocenters. The van der Waals surface area contributed by atoms with Crippen LogP contribution < -0.4 is 10.2 Å². The Morgan fingerprint density at radius 3 is 2.89 bits per heavy atom. The van der Waals surface area contributed by atoms with Gasteiger partial charge in [0.2, 0.25) is 0 Å². The van der Waals surface area contributed by atoms with Crippen molar-refractivity contribution in [3.05, 3.63) is 34.9 Å². The normalized spacial score (nSPS) is 25.2. The number of carbonyl (C=O) groups excluding carboxylic acids is 1. The molecule has 1 aliphatic carbocycles. The van der Waals surface area contributed by atoms with Crippen molar-refractivity contribution < 1.29 is 9.18 Å². The molecule has 1 N–H and O–H groups in total. The summed E-state index contributed by atoms with van der Waals surface area (Å²) >= 11 is 6.38. The van der Waals surface area contributed by atoms with Crippen LogP contribution in [0.15, 0.2) is 24.3 Å². The molecule has 28 heavy (non-hydrogen) atoms. The summed E-state index contributed by atoms with van der Waals surface area (Å²) in [5, 5.41) is 4.26. The number of aromatic nitrogens is 1. The average Bonchev–Trinajstić information content (AvgIpc) is 3.12. The summed E-state index contributed by atoms with van der Waals surface area (Å²) < 4.78 is 13.5. The van der Waals surface area contributed by atoms with E-state index in [1.54, 1.807) is 6.07 Å². The molecule has 2 aliphatic rings. The van der Waals surface area contributed by atoms with Crippen molar-refractivity contribution >= 4 is 34.2 Å². The fourth-order valence-electron chi connectivity index (χ4n) is 4.57. The van der Waals surface area contributed by atoms with Crippen LogP contribution in [0.1, 0.15) is 49.4 Å². The van der Waals surface area contributed by atoms with Gasteiger partial charge in [0.05, 0.1) is 22.6 Å². The first-order valence-electron chi connectivity index (χ1n) is 10.3. The van der Waals surface area contributed by atoms with Gasteiger partial charge in [-0.3, -0.25) is 4.79 Å². The summed E-state index contributed by atoms with van der Waals surface area (Å²) in [5.41, 5.74) is 1.19. The topological polar surface area (TPSA) is 45.2 Å². The van der Waals surface area contributed by atoms with Gasteiger partial charge in [-0.05, 0) is 55.4 Å². The number of nitrogens with zero attached hydrogens (tertiary/aromatic N) is 2. The summed E-state index contributed by atoms with van der Waals surface area (Å²) in [5.74, 6) is 1.87. The molecular formula is C22H27ClFN3O. The molecule has 2 fully saturated rings. The Bertz CT molecular complexity index is 874. The molecular weight excluding hydrogens is 377 g/mol. The number of amides is 1. The van der Waals surface area contributed by atoms with E-state index in [2.05, 4.69) is 17.2 Å². The molecule has 6 heteroatoms. The lowest BCUT2D eigenvalue weighted by molar-refractivity contribution is 0.0942. The molecule has 1 aromatic carbocycles. The van der Waals surface area contributed by atoms with Gasteiger partial charge in [0, 0.05) is 18.5 Å². The maximum Gasteiger partial charge on any atom is 0.253 e. The number of pyridine rings is 1. The van der Waals surface area contributed by atoms with Crippen LogP contribution in [0.2, 0.25) is 5.02 Å². The molecule has 1 saturated heterocycles. The zero-order valence-electron chi connectivity index (χ0n) is 16.3. The van der Waals surface area contributed by atoms with E-state index in [0.717, 1.165) is 17.1 Å². The van der Waals surface area contributed by atoms with Gasteiger partial charge in [-0.2, -0.15) is 0 Å². The van der Waals surface area contributed by atoms with Crippen molar-refractivity contribution in [2.75, 3.05) is 24.5 Å². The second-order valence-corrected chi connectivity index (χ2v) is 8.75. The van der Waals surface area contributed by atoms with Crippen molar-refractivity contribution in [1.82, 2.24) is 10.3 Å². The number of alkyl halides is 1. The second-order valence-electron chi connectivity index (χ2n) is 8.34. The summed E-state index contributed by atoms with van der Waals surface area (Å²) in [6, 6.07) is 7.28. The lowest BCUT2D eigenvalue weighted by atomic mass is 9.82. The van der Waals surface area contributed by atoms with E-state index >= 15 is 0 Å². The molecule has 1 aliphatic heterocycles. The summed E-state index contributed by atoms with van der Waals surface area (Å²) in [6.45, 7) is 4.01. The van der Waals surface area contributed by atoms with E-state index in [1.807, 2.05) is 23.1 Å². The Hall–Kier alpha value is -1.88. The number of hydrogen-bond donors (Lipinski definition) is 1. The minimum absolute atomic E-state index is 0.145. The number of halogens is 2. The van der Waals surface area contributed by atoms with E-state index in [1.165, 1.54) is 25.7 Å². The first-order chi connectivity index (χ1) is 13.5. The van der Waals surface area contributed by atoms with Crippen molar-refractivity contribution in [2.45, 2.75) is 45.2 Å². The van der Waals surface area contributed by atoms with E-state index in [-0.39, 0.29) is 5.91 Å². The summed E-state index contributed by atoms with van der Waals surface area (Å²) in [6.07, 6.45) is 4.59. The first kappa shape index (κ1) is 19.4. The van der Waals surface area contributed by atoms with Crippen LogP contribution in [0.4, 0.5) is 10.2 Å². The maximum absolute atomic E-state index is 13.5. The Labute approximate surface area is 170 Å². The quantitative estimate of drug-likeness (QED) is 0.781. The average molecular weight is 404 g/mol. The lowest BCUT2D eigenvalue weighted by Crippen LogP contribution is -2.31. The Morgan fingerprint density at radius 2 is 2.14 bits per heavy atom. The van der Waals surface area contributed by atoms with Gasteiger partial charge >= 0.3 is 0 Å². The largest absolute Gasteiger partial charge is 0.354 e. The van der Waals surface area contributed by atoms with Gasteiger partial charge < -0.3 is 10.2 Å². The molecule has 150 valence electrons. The molecule has 2 aromatic rings. The first-order valence-corrected chi connectivity index (χ1v) is 10.7. The van der Waals surface area contributed by atoms with Crippen molar-refractivity contribution in [1.29, 1.82) is 0 Å². The monoisotopic (exact) mass is 403 g/mol. The van der Waals surface area contributed by atoms with Gasteiger partial charge in [-0.25, -0.2) is 9.37 Å². The molecule has 0 bridgehead atoms. The molecule has 1 saturated carbocycles. The molecule has 3 unspecified atom stereocenters. The Morgan fingerprint density at radius 1 is 1.29 bits per heavy atom. The van der Waals surface area contributed by atoms with Crippen LogP contribution in [0.25, 0.3) is 10.9 Å².